The Morgan fingerprint density at radius 3 is 1.59 bits per heavy atom. The fraction of sp³-hybridized carbons (Fsp3) is 0.200. The first-order valence-corrected chi connectivity index (χ1v) is 8.09. The van der Waals surface area contributed by atoms with E-state index in [1.165, 1.54) is 12.1 Å². The van der Waals surface area contributed by atoms with Crippen LogP contribution in [0, 0.1) is 0 Å². The zero-order valence-electron chi connectivity index (χ0n) is 11.5. The Hall–Kier alpha value is -1.86. The van der Waals surface area contributed by atoms with Crippen LogP contribution in [0.1, 0.15) is 11.1 Å². The molecular weight excluding hydrogens is 315 g/mol. The third-order valence-electron chi connectivity index (χ3n) is 3.01. The third kappa shape index (κ3) is 5.16. The maximum Gasteiger partial charge on any atom is 0.393 e. The lowest BCUT2D eigenvalue weighted by Crippen LogP contribution is -2.14. The highest BCUT2D eigenvalue weighted by molar-refractivity contribution is 7.88. The van der Waals surface area contributed by atoms with Gasteiger partial charge in [-0.3, -0.25) is 0 Å². The topological polar surface area (TPSA) is 60.2 Å². The van der Waals surface area contributed by atoms with Crippen molar-refractivity contribution in [1.29, 1.82) is 0 Å². The van der Waals surface area contributed by atoms with Crippen molar-refractivity contribution in [2.45, 2.75) is 18.3 Å². The summed E-state index contributed by atoms with van der Waals surface area (Å²) in [7, 11) is -3.58. The maximum absolute atomic E-state index is 12.3. The molecule has 0 heterocycles. The smallest absolute Gasteiger partial charge is 0.228 e. The van der Waals surface area contributed by atoms with E-state index in [9.17, 15) is 21.6 Å². The van der Waals surface area contributed by atoms with Crippen molar-refractivity contribution >= 4 is 10.0 Å². The van der Waals surface area contributed by atoms with Crippen LogP contribution in [0.15, 0.2) is 48.5 Å². The summed E-state index contributed by atoms with van der Waals surface area (Å²) in [5.41, 5.74) is 2.30. The molecule has 0 aliphatic rings. The first kappa shape index (κ1) is 16.5. The fourth-order valence-corrected chi connectivity index (χ4v) is 2.73. The Balaban J connectivity index is 2.15. The molecule has 0 aliphatic carbocycles. The van der Waals surface area contributed by atoms with Crippen molar-refractivity contribution in [3.63, 3.8) is 0 Å². The molecule has 2 N–H and O–H groups in total. The van der Waals surface area contributed by atoms with Gasteiger partial charge in [0.1, 0.15) is 0 Å². The van der Waals surface area contributed by atoms with Crippen molar-refractivity contribution in [1.82, 2.24) is 0 Å². The molecule has 0 saturated heterocycles. The van der Waals surface area contributed by atoms with Crippen LogP contribution >= 0.6 is 0 Å². The zero-order valence-corrected chi connectivity index (χ0v) is 12.3. The van der Waals surface area contributed by atoms with E-state index in [2.05, 4.69) is 0 Å². The average Bonchev–Trinajstić information content (AvgIpc) is 2.37. The minimum atomic E-state index is -4.23. The third-order valence-corrected chi connectivity index (χ3v) is 3.75. The molecule has 2 aromatic carbocycles. The van der Waals surface area contributed by atoms with Crippen LogP contribution in [0.5, 0.6) is 0 Å². The number of rotatable bonds is 4. The molecule has 2 aromatic rings. The predicted molar refractivity (Wildman–Crippen MR) is 78.4 cm³/mol. The lowest BCUT2D eigenvalue weighted by Gasteiger charge is -2.08. The lowest BCUT2D eigenvalue weighted by molar-refractivity contribution is -0.127. The molecule has 0 saturated carbocycles. The van der Waals surface area contributed by atoms with Gasteiger partial charge in [0.05, 0.1) is 12.2 Å². The molecule has 0 aliphatic heterocycles. The summed E-state index contributed by atoms with van der Waals surface area (Å²) in [5, 5.41) is 4.96. The van der Waals surface area contributed by atoms with Gasteiger partial charge < -0.3 is 0 Å². The number of halogens is 3. The first-order chi connectivity index (χ1) is 10.1. The summed E-state index contributed by atoms with van der Waals surface area (Å²) < 4.78 is 58.8. The molecule has 118 valence electrons. The van der Waals surface area contributed by atoms with E-state index in [-0.39, 0.29) is 11.3 Å². The van der Waals surface area contributed by atoms with Gasteiger partial charge in [0.25, 0.3) is 0 Å². The van der Waals surface area contributed by atoms with Gasteiger partial charge in [0.2, 0.25) is 10.0 Å². The molecule has 0 unspecified atom stereocenters. The molecule has 7 heteroatoms. The van der Waals surface area contributed by atoms with Crippen molar-refractivity contribution < 1.29 is 21.6 Å². The second-order valence-electron chi connectivity index (χ2n) is 4.99. The SMILES string of the molecule is NS(=O)(=O)Cc1ccc(-c2ccc(CC(F)(F)F)cc2)cc1. The standard InChI is InChI=1S/C15H14F3NO2S/c16-15(17,18)9-11-1-5-13(6-2-11)14-7-3-12(4-8-14)10-22(19,20)21/h1-8H,9-10H2,(H2,19,20,21). The van der Waals surface area contributed by atoms with Crippen molar-refractivity contribution in [3.8, 4) is 11.1 Å². The number of hydrogen-bond acceptors (Lipinski definition) is 2. The lowest BCUT2D eigenvalue weighted by atomic mass is 10.0. The predicted octanol–water partition coefficient (Wildman–Crippen LogP) is 3.25. The van der Waals surface area contributed by atoms with Gasteiger partial charge in [-0.05, 0) is 22.3 Å². The number of primary sulfonamides is 1. The highest BCUT2D eigenvalue weighted by Gasteiger charge is 2.27. The van der Waals surface area contributed by atoms with E-state index >= 15 is 0 Å². The van der Waals surface area contributed by atoms with E-state index in [1.807, 2.05) is 0 Å². The van der Waals surface area contributed by atoms with Crippen LogP contribution in [0.4, 0.5) is 13.2 Å². The number of hydrogen-bond donors (Lipinski definition) is 1. The van der Waals surface area contributed by atoms with Crippen LogP contribution in [0.3, 0.4) is 0 Å². The number of sulfonamides is 1. The van der Waals surface area contributed by atoms with Crippen LogP contribution in [0.2, 0.25) is 0 Å². The second-order valence-corrected chi connectivity index (χ2v) is 6.61. The highest BCUT2D eigenvalue weighted by atomic mass is 32.2. The molecule has 0 aromatic heterocycles. The molecule has 0 atom stereocenters. The molecule has 3 nitrogen and oxygen atoms in total. The summed E-state index contributed by atoms with van der Waals surface area (Å²) in [6, 6.07) is 12.7. The Labute approximate surface area is 126 Å². The van der Waals surface area contributed by atoms with Gasteiger partial charge in [0.15, 0.2) is 0 Å². The fourth-order valence-electron chi connectivity index (χ4n) is 2.07. The minimum Gasteiger partial charge on any atom is -0.228 e. The number of alkyl halides is 3. The zero-order chi connectivity index (χ0) is 16.4. The Bertz CT molecular complexity index is 736. The van der Waals surface area contributed by atoms with Crippen LogP contribution in [0.25, 0.3) is 11.1 Å². The summed E-state index contributed by atoms with van der Waals surface area (Å²) in [4.78, 5) is 0. The molecule has 0 fully saturated rings. The van der Waals surface area contributed by atoms with Crippen LogP contribution in [-0.4, -0.2) is 14.6 Å². The maximum atomic E-state index is 12.3. The van der Waals surface area contributed by atoms with Gasteiger partial charge in [-0.15, -0.1) is 0 Å². The van der Waals surface area contributed by atoms with Gasteiger partial charge in [-0.25, -0.2) is 13.6 Å². The van der Waals surface area contributed by atoms with E-state index < -0.39 is 22.6 Å². The summed E-state index contributed by atoms with van der Waals surface area (Å²) in [5.74, 6) is -0.252. The van der Waals surface area contributed by atoms with Crippen molar-refractivity contribution in [3.05, 3.63) is 59.7 Å². The Morgan fingerprint density at radius 2 is 1.23 bits per heavy atom. The number of nitrogens with two attached hydrogens (primary N) is 1. The summed E-state index contributed by atoms with van der Waals surface area (Å²) >= 11 is 0. The van der Waals surface area contributed by atoms with Gasteiger partial charge in [-0.1, -0.05) is 48.5 Å². The van der Waals surface area contributed by atoms with E-state index in [0.717, 1.165) is 11.1 Å². The summed E-state index contributed by atoms with van der Waals surface area (Å²) in [6.07, 6.45) is -5.18. The number of benzene rings is 2. The minimum absolute atomic E-state index is 0.196. The molecule has 0 amide bonds. The summed E-state index contributed by atoms with van der Waals surface area (Å²) in [6.45, 7) is 0. The van der Waals surface area contributed by atoms with E-state index in [0.29, 0.717) is 5.56 Å². The normalized spacial score (nSPS) is 12.4. The molecule has 2 rings (SSSR count). The monoisotopic (exact) mass is 329 g/mol. The molecule has 0 radical (unpaired) electrons. The van der Waals surface area contributed by atoms with E-state index in [1.54, 1.807) is 36.4 Å². The van der Waals surface area contributed by atoms with Crippen LogP contribution < -0.4 is 5.14 Å². The second kappa shape index (κ2) is 6.10. The largest absolute Gasteiger partial charge is 0.393 e. The first-order valence-electron chi connectivity index (χ1n) is 6.38. The van der Waals surface area contributed by atoms with Gasteiger partial charge in [-0.2, -0.15) is 13.2 Å². The van der Waals surface area contributed by atoms with Crippen LogP contribution in [-0.2, 0) is 22.2 Å². The molecule has 0 bridgehead atoms. The highest BCUT2D eigenvalue weighted by Crippen LogP contribution is 2.24. The molecular formula is C15H14F3NO2S. The average molecular weight is 329 g/mol. The van der Waals surface area contributed by atoms with Gasteiger partial charge in [0, 0.05) is 0 Å². The quantitative estimate of drug-likeness (QED) is 0.936. The van der Waals surface area contributed by atoms with E-state index in [4.69, 9.17) is 5.14 Å². The molecule has 0 spiro atoms. The Morgan fingerprint density at radius 1 is 0.818 bits per heavy atom. The van der Waals surface area contributed by atoms with Crippen molar-refractivity contribution in [2.75, 3.05) is 0 Å². The molecule has 22 heavy (non-hydrogen) atoms. The van der Waals surface area contributed by atoms with Gasteiger partial charge >= 0.3 is 6.18 Å². The Kier molecular flexibility index (Phi) is 4.58. The van der Waals surface area contributed by atoms with Crippen molar-refractivity contribution in [2.24, 2.45) is 5.14 Å².